The van der Waals surface area contributed by atoms with Crippen molar-refractivity contribution in [2.45, 2.75) is 32.7 Å². The Balaban J connectivity index is 2.36. The van der Waals surface area contributed by atoms with Gasteiger partial charge in [0.15, 0.2) is 5.43 Å². The topological polar surface area (TPSA) is 62.5 Å². The summed E-state index contributed by atoms with van der Waals surface area (Å²) in [5, 5.41) is 9.05. The summed E-state index contributed by atoms with van der Waals surface area (Å²) in [6.07, 6.45) is 3.63. The van der Waals surface area contributed by atoms with E-state index >= 15 is 0 Å². The van der Waals surface area contributed by atoms with E-state index in [2.05, 4.69) is 11.8 Å². The Bertz CT molecular complexity index is 536. The number of carboxylic acids is 1. The molecule has 0 spiro atoms. The fourth-order valence-corrected chi connectivity index (χ4v) is 2.75. The molecule has 0 saturated carbocycles. The lowest BCUT2D eigenvalue weighted by Gasteiger charge is -2.34. The van der Waals surface area contributed by atoms with E-state index in [9.17, 15) is 9.59 Å². The van der Waals surface area contributed by atoms with Crippen LogP contribution in [0.15, 0.2) is 17.1 Å². The van der Waals surface area contributed by atoms with E-state index in [1.807, 2.05) is 11.5 Å². The third kappa shape index (κ3) is 2.87. The number of likely N-dealkylation sites (tertiary alicyclic amines) is 1. The fraction of sp³-hybridized carbons (Fsp3) is 0.571. The van der Waals surface area contributed by atoms with Gasteiger partial charge in [0.05, 0.1) is 0 Å². The first-order valence-corrected chi connectivity index (χ1v) is 6.71. The minimum atomic E-state index is -1.15. The van der Waals surface area contributed by atoms with Gasteiger partial charge in [-0.05, 0) is 32.9 Å². The molecular formula is C14H20N2O3. The number of carboxylic acid groups (broad SMARTS) is 1. The quantitative estimate of drug-likeness (QED) is 0.899. The van der Waals surface area contributed by atoms with Gasteiger partial charge in [0.25, 0.3) is 0 Å². The number of aryl methyl sites for hydroxylation is 1. The molecule has 1 N–H and O–H groups in total. The Morgan fingerprint density at radius 1 is 1.53 bits per heavy atom. The molecule has 1 aliphatic heterocycles. The Hall–Kier alpha value is -1.62. The van der Waals surface area contributed by atoms with Crippen molar-refractivity contribution >= 4 is 5.97 Å². The van der Waals surface area contributed by atoms with E-state index in [1.54, 1.807) is 0 Å². The molecule has 5 heteroatoms. The number of likely N-dealkylation sites (N-methyl/N-ethyl adjacent to an activating group) is 1. The molecule has 19 heavy (non-hydrogen) atoms. The second-order valence-corrected chi connectivity index (χ2v) is 5.09. The van der Waals surface area contributed by atoms with E-state index in [-0.39, 0.29) is 11.6 Å². The molecule has 0 aliphatic carbocycles. The molecule has 2 heterocycles. The number of piperidine rings is 1. The molecule has 1 atom stereocenters. The van der Waals surface area contributed by atoms with Crippen LogP contribution in [-0.2, 0) is 0 Å². The monoisotopic (exact) mass is 264 g/mol. The first-order chi connectivity index (χ1) is 9.02. The molecule has 1 saturated heterocycles. The van der Waals surface area contributed by atoms with Gasteiger partial charge in [-0.2, -0.15) is 0 Å². The van der Waals surface area contributed by atoms with Crippen molar-refractivity contribution in [2.24, 2.45) is 0 Å². The summed E-state index contributed by atoms with van der Waals surface area (Å²) < 4.78 is 1.95. The van der Waals surface area contributed by atoms with Crippen LogP contribution in [0.5, 0.6) is 0 Å². The van der Waals surface area contributed by atoms with Gasteiger partial charge < -0.3 is 14.6 Å². The van der Waals surface area contributed by atoms with Gasteiger partial charge in [0, 0.05) is 30.5 Å². The van der Waals surface area contributed by atoms with Gasteiger partial charge in [-0.3, -0.25) is 4.79 Å². The fourth-order valence-electron chi connectivity index (χ4n) is 2.75. The highest BCUT2D eigenvalue weighted by atomic mass is 16.4. The van der Waals surface area contributed by atoms with Crippen molar-refractivity contribution < 1.29 is 9.90 Å². The number of rotatable bonds is 3. The van der Waals surface area contributed by atoms with Crippen LogP contribution < -0.4 is 5.43 Å². The zero-order chi connectivity index (χ0) is 14.0. The molecule has 1 aromatic heterocycles. The zero-order valence-corrected chi connectivity index (χ0v) is 11.4. The Labute approximate surface area is 112 Å². The van der Waals surface area contributed by atoms with Crippen LogP contribution in [0.3, 0.4) is 0 Å². The van der Waals surface area contributed by atoms with Gasteiger partial charge >= 0.3 is 5.97 Å². The van der Waals surface area contributed by atoms with Crippen LogP contribution in [0, 0.1) is 6.92 Å². The van der Waals surface area contributed by atoms with Crippen LogP contribution in [0.2, 0.25) is 0 Å². The first kappa shape index (κ1) is 13.8. The third-order valence-corrected chi connectivity index (χ3v) is 3.83. The van der Waals surface area contributed by atoms with Gasteiger partial charge in [-0.15, -0.1) is 0 Å². The predicted octanol–water partition coefficient (Wildman–Crippen LogP) is 1.51. The van der Waals surface area contributed by atoms with E-state index in [0.29, 0.717) is 0 Å². The number of pyridine rings is 1. The molecule has 2 rings (SSSR count). The lowest BCUT2D eigenvalue weighted by atomic mass is 10.0. The van der Waals surface area contributed by atoms with Gasteiger partial charge in [0.2, 0.25) is 0 Å². The van der Waals surface area contributed by atoms with Gasteiger partial charge in [0.1, 0.15) is 5.56 Å². The highest BCUT2D eigenvalue weighted by Crippen LogP contribution is 2.22. The molecule has 0 bridgehead atoms. The summed E-state index contributed by atoms with van der Waals surface area (Å²) in [5.41, 5.74) is 0.279. The number of hydrogen-bond donors (Lipinski definition) is 1. The highest BCUT2D eigenvalue weighted by Gasteiger charge is 2.22. The number of aromatic carboxylic acids is 1. The third-order valence-electron chi connectivity index (χ3n) is 3.83. The van der Waals surface area contributed by atoms with Crippen LogP contribution in [-0.4, -0.2) is 40.2 Å². The van der Waals surface area contributed by atoms with E-state index in [0.717, 1.165) is 38.2 Å². The zero-order valence-electron chi connectivity index (χ0n) is 11.4. The van der Waals surface area contributed by atoms with E-state index in [1.165, 1.54) is 12.3 Å². The van der Waals surface area contributed by atoms with Crippen molar-refractivity contribution in [3.05, 3.63) is 33.7 Å². The molecule has 1 aliphatic rings. The average Bonchev–Trinajstić information content (AvgIpc) is 2.38. The molecule has 0 radical (unpaired) electrons. The molecule has 104 valence electrons. The van der Waals surface area contributed by atoms with Crippen molar-refractivity contribution in [1.29, 1.82) is 0 Å². The van der Waals surface area contributed by atoms with E-state index < -0.39 is 11.4 Å². The maximum absolute atomic E-state index is 11.6. The maximum Gasteiger partial charge on any atom is 0.341 e. The second kappa shape index (κ2) is 5.57. The lowest BCUT2D eigenvalue weighted by Crippen LogP contribution is -2.37. The van der Waals surface area contributed by atoms with Gasteiger partial charge in [-0.1, -0.05) is 6.92 Å². The summed E-state index contributed by atoms with van der Waals surface area (Å²) in [7, 11) is 0. The molecule has 1 unspecified atom stereocenters. The van der Waals surface area contributed by atoms with Crippen LogP contribution in [0.25, 0.3) is 0 Å². The van der Waals surface area contributed by atoms with Gasteiger partial charge in [-0.25, -0.2) is 4.79 Å². The Morgan fingerprint density at radius 2 is 2.26 bits per heavy atom. The molecule has 0 amide bonds. The Morgan fingerprint density at radius 3 is 2.89 bits per heavy atom. The van der Waals surface area contributed by atoms with E-state index in [4.69, 9.17) is 5.11 Å². The number of nitrogens with zero attached hydrogens (tertiary/aromatic N) is 2. The van der Waals surface area contributed by atoms with Crippen LogP contribution in [0.4, 0.5) is 0 Å². The van der Waals surface area contributed by atoms with Crippen molar-refractivity contribution in [2.75, 3.05) is 19.6 Å². The number of hydrogen-bond acceptors (Lipinski definition) is 3. The number of carbonyl (C=O) groups is 1. The normalized spacial score (nSPS) is 20.4. The molecule has 1 aromatic rings. The first-order valence-electron chi connectivity index (χ1n) is 6.71. The smallest absolute Gasteiger partial charge is 0.341 e. The Kier molecular flexibility index (Phi) is 4.04. The second-order valence-electron chi connectivity index (χ2n) is 5.09. The highest BCUT2D eigenvalue weighted by molar-refractivity contribution is 5.87. The number of aromatic nitrogens is 1. The molecule has 0 aromatic carbocycles. The van der Waals surface area contributed by atoms with Crippen LogP contribution >= 0.6 is 0 Å². The molecule has 5 nitrogen and oxygen atoms in total. The lowest BCUT2D eigenvalue weighted by molar-refractivity contribution is 0.0694. The minimum absolute atomic E-state index is 0.140. The average molecular weight is 264 g/mol. The summed E-state index contributed by atoms with van der Waals surface area (Å²) in [4.78, 5) is 25.1. The summed E-state index contributed by atoms with van der Waals surface area (Å²) >= 11 is 0. The SMILES string of the molecule is CCN1CCCC(n2cc(C(=O)O)c(=O)cc2C)C1. The van der Waals surface area contributed by atoms with Crippen LogP contribution in [0.1, 0.15) is 41.9 Å². The minimum Gasteiger partial charge on any atom is -0.477 e. The summed E-state index contributed by atoms with van der Waals surface area (Å²) in [5.74, 6) is -1.15. The molecule has 1 fully saturated rings. The van der Waals surface area contributed by atoms with Crippen molar-refractivity contribution in [3.8, 4) is 0 Å². The maximum atomic E-state index is 11.6. The summed E-state index contributed by atoms with van der Waals surface area (Å²) in [6.45, 7) is 7.00. The standard InChI is InChI=1S/C14H20N2O3/c1-3-15-6-4-5-11(8-15)16-9-12(14(18)19)13(17)7-10(16)2/h7,9,11H,3-6,8H2,1-2H3,(H,18,19). The largest absolute Gasteiger partial charge is 0.477 e. The van der Waals surface area contributed by atoms with Crippen molar-refractivity contribution in [3.63, 3.8) is 0 Å². The molecular weight excluding hydrogens is 244 g/mol. The predicted molar refractivity (Wildman–Crippen MR) is 72.8 cm³/mol. The van der Waals surface area contributed by atoms with Crippen molar-refractivity contribution in [1.82, 2.24) is 9.47 Å². The summed E-state index contributed by atoms with van der Waals surface area (Å²) in [6, 6.07) is 1.68.